The lowest BCUT2D eigenvalue weighted by Gasteiger charge is -2.29. The lowest BCUT2D eigenvalue weighted by atomic mass is 9.94. The molecule has 3 rings (SSSR count). The van der Waals surface area contributed by atoms with Crippen LogP contribution in [0.25, 0.3) is 5.84 Å². The van der Waals surface area contributed by atoms with Crippen LogP contribution < -0.4 is 0 Å². The predicted molar refractivity (Wildman–Crippen MR) is 31.8 cm³/mol. The molecule has 0 fully saturated rings. The van der Waals surface area contributed by atoms with Crippen LogP contribution in [0.15, 0.2) is 12.2 Å². The van der Waals surface area contributed by atoms with Crippen LogP contribution in [-0.2, 0) is 0 Å². The number of rotatable bonds is 0. The highest BCUT2D eigenvalue weighted by molar-refractivity contribution is 5.86. The van der Waals surface area contributed by atoms with E-state index >= 15 is 0 Å². The van der Waals surface area contributed by atoms with Gasteiger partial charge < -0.3 is 5.84 Å². The molecule has 1 aliphatic carbocycles. The Morgan fingerprint density at radius 1 is 1.75 bits per heavy atom. The minimum atomic E-state index is 0.429. The average molecular weight is 108 g/mol. The van der Waals surface area contributed by atoms with E-state index in [-0.39, 0.29) is 0 Å². The molecule has 0 aromatic carbocycles. The zero-order valence-electron chi connectivity index (χ0n) is 4.59. The van der Waals surface area contributed by atoms with E-state index in [1.807, 2.05) is 0 Å². The highest BCUT2D eigenvalue weighted by Gasteiger charge is 2.32. The highest BCUT2D eigenvalue weighted by Crippen LogP contribution is 2.21. The summed E-state index contributed by atoms with van der Waals surface area (Å²) in [5.74, 6) is 7.27. The molecule has 0 aromatic rings. The van der Waals surface area contributed by atoms with Crippen molar-refractivity contribution in [3.8, 4) is 0 Å². The van der Waals surface area contributed by atoms with Crippen molar-refractivity contribution in [1.29, 1.82) is 0 Å². The first-order valence-electron chi connectivity index (χ1n) is 2.90. The van der Waals surface area contributed by atoms with Gasteiger partial charge in [-0.25, -0.2) is 0 Å². The van der Waals surface area contributed by atoms with Crippen LogP contribution in [-0.4, -0.2) is 16.4 Å². The van der Waals surface area contributed by atoms with Crippen LogP contribution in [0.1, 0.15) is 12.8 Å². The highest BCUT2D eigenvalue weighted by atomic mass is 15.4. The quantitative estimate of drug-likeness (QED) is 0.328. The Morgan fingerprint density at radius 2 is 2.62 bits per heavy atom. The van der Waals surface area contributed by atoms with Crippen molar-refractivity contribution < 1.29 is 4.68 Å². The molecular weight excluding hydrogens is 100 g/mol. The molecule has 2 heteroatoms. The van der Waals surface area contributed by atoms with Gasteiger partial charge >= 0.3 is 0 Å². The van der Waals surface area contributed by atoms with Gasteiger partial charge in [0.05, 0.1) is 6.42 Å². The summed E-state index contributed by atoms with van der Waals surface area (Å²) in [5.41, 5.74) is 1.28. The molecule has 0 spiro atoms. The van der Waals surface area contributed by atoms with E-state index in [1.165, 1.54) is 5.71 Å². The molecule has 2 bridgehead atoms. The first-order valence-corrected chi connectivity index (χ1v) is 2.90. The minimum Gasteiger partial charge on any atom is -0.454 e. The van der Waals surface area contributed by atoms with Crippen LogP contribution in [0, 0.1) is 0 Å². The molecule has 0 aromatic heterocycles. The van der Waals surface area contributed by atoms with E-state index < -0.39 is 0 Å². The van der Waals surface area contributed by atoms with E-state index in [2.05, 4.69) is 12.2 Å². The van der Waals surface area contributed by atoms with Gasteiger partial charge in [-0.2, -0.15) is 0 Å². The lowest BCUT2D eigenvalue weighted by Crippen LogP contribution is -2.40. The first kappa shape index (κ1) is 4.13. The van der Waals surface area contributed by atoms with Crippen molar-refractivity contribution in [1.82, 2.24) is 0 Å². The molecule has 8 heavy (non-hydrogen) atoms. The molecule has 2 heterocycles. The Bertz CT molecular complexity index is 179. The van der Waals surface area contributed by atoms with Crippen LogP contribution >= 0.6 is 0 Å². The minimum absolute atomic E-state index is 0.429. The maximum Gasteiger partial charge on any atom is 0.175 e. The molecule has 0 saturated carbocycles. The second kappa shape index (κ2) is 1.13. The van der Waals surface area contributed by atoms with Gasteiger partial charge in [0.15, 0.2) is 11.8 Å². The molecule has 2 nitrogen and oxygen atoms in total. The fourth-order valence-electron chi connectivity index (χ4n) is 1.25. The molecule has 0 amide bonds. The number of allylic oxidation sites excluding steroid dienone is 1. The van der Waals surface area contributed by atoms with Gasteiger partial charge in [-0.1, -0.05) is 6.08 Å². The molecular formula is C6H8N2. The third-order valence-corrected chi connectivity index (χ3v) is 1.83. The molecule has 0 saturated heterocycles. The van der Waals surface area contributed by atoms with E-state index in [0.717, 1.165) is 12.8 Å². The predicted octanol–water partition coefficient (Wildman–Crippen LogP) is 1.14. The Balaban J connectivity index is 2.36. The zero-order chi connectivity index (χ0) is 5.56. The van der Waals surface area contributed by atoms with E-state index in [1.54, 1.807) is 4.68 Å². The summed E-state index contributed by atoms with van der Waals surface area (Å²) < 4.78 is 1.61. The molecule has 42 valence electrons. The Hall–Kier alpha value is -0.790. The normalized spacial score (nSPS) is 32.8. The Kier molecular flexibility index (Phi) is 0.583. The summed E-state index contributed by atoms with van der Waals surface area (Å²) in [5, 5.41) is 0. The van der Waals surface area contributed by atoms with Gasteiger partial charge in [-0.05, 0) is 6.08 Å². The average Bonchev–Trinajstić information content (AvgIpc) is 1.89. The van der Waals surface area contributed by atoms with Gasteiger partial charge in [0.25, 0.3) is 0 Å². The van der Waals surface area contributed by atoms with Crippen molar-refractivity contribution in [2.24, 2.45) is 0 Å². The number of hydrogen-bond donors (Lipinski definition) is 0. The summed E-state index contributed by atoms with van der Waals surface area (Å²) in [6.45, 7) is 0. The van der Waals surface area contributed by atoms with Crippen molar-refractivity contribution in [2.75, 3.05) is 0 Å². The third kappa shape index (κ3) is 0.312. The summed E-state index contributed by atoms with van der Waals surface area (Å²) in [6.07, 6.45) is 6.41. The summed E-state index contributed by atoms with van der Waals surface area (Å²) in [7, 11) is 0. The van der Waals surface area contributed by atoms with Crippen LogP contribution in [0.5, 0.6) is 0 Å². The van der Waals surface area contributed by atoms with Crippen LogP contribution in [0.2, 0.25) is 0 Å². The Labute approximate surface area is 48.3 Å². The molecule has 2 aliphatic heterocycles. The van der Waals surface area contributed by atoms with Crippen molar-refractivity contribution in [3.63, 3.8) is 0 Å². The lowest BCUT2D eigenvalue weighted by molar-refractivity contribution is -0.519. The van der Waals surface area contributed by atoms with Gasteiger partial charge in [0.2, 0.25) is 0 Å². The largest absolute Gasteiger partial charge is 0.454 e. The van der Waals surface area contributed by atoms with E-state index in [0.29, 0.717) is 6.04 Å². The maximum absolute atomic E-state index is 7.27. The van der Waals surface area contributed by atoms with Gasteiger partial charge in [0.1, 0.15) is 0 Å². The number of hydrogen-bond acceptors (Lipinski definition) is 0. The number of nitrogens with one attached hydrogen (secondary N) is 1. The van der Waals surface area contributed by atoms with Crippen molar-refractivity contribution in [2.45, 2.75) is 18.9 Å². The monoisotopic (exact) mass is 108 g/mol. The summed E-state index contributed by atoms with van der Waals surface area (Å²) in [4.78, 5) is 0. The SMILES string of the molecule is [NH-][N+]1=C2CC=CC1C2. The molecule has 1 N–H and O–H groups in total. The second-order valence-corrected chi connectivity index (χ2v) is 2.34. The van der Waals surface area contributed by atoms with Crippen LogP contribution in [0.3, 0.4) is 0 Å². The fourth-order valence-corrected chi connectivity index (χ4v) is 1.25. The van der Waals surface area contributed by atoms with Gasteiger partial charge in [-0.15, -0.1) is 0 Å². The van der Waals surface area contributed by atoms with Crippen LogP contribution in [0.4, 0.5) is 0 Å². The van der Waals surface area contributed by atoms with Crippen molar-refractivity contribution >= 4 is 5.71 Å². The Morgan fingerprint density at radius 3 is 2.88 bits per heavy atom. The third-order valence-electron chi connectivity index (χ3n) is 1.83. The number of fused-ring (bicyclic) bond motifs is 1. The number of nitrogens with zero attached hydrogens (tertiary/aromatic N) is 1. The van der Waals surface area contributed by atoms with Crippen molar-refractivity contribution in [3.05, 3.63) is 18.0 Å². The van der Waals surface area contributed by atoms with E-state index in [4.69, 9.17) is 5.84 Å². The standard InChI is InChI=1S/C6H8N2/c7-8-5-2-1-3-6(8)4-5/h1-2,5,7H,3-4H2. The molecule has 1 unspecified atom stereocenters. The molecule has 1 atom stereocenters. The smallest absolute Gasteiger partial charge is 0.175 e. The van der Waals surface area contributed by atoms with Gasteiger partial charge in [-0.3, -0.25) is 4.68 Å². The summed E-state index contributed by atoms with van der Waals surface area (Å²) in [6, 6.07) is 0.429. The van der Waals surface area contributed by atoms with Gasteiger partial charge in [0, 0.05) is 6.42 Å². The zero-order valence-corrected chi connectivity index (χ0v) is 4.59. The molecule has 3 aliphatic rings. The molecule has 0 radical (unpaired) electrons. The fraction of sp³-hybridized carbons (Fsp3) is 0.500. The van der Waals surface area contributed by atoms with E-state index in [9.17, 15) is 0 Å². The second-order valence-electron chi connectivity index (χ2n) is 2.34. The maximum atomic E-state index is 7.27. The topological polar surface area (TPSA) is 26.8 Å². The first-order chi connectivity index (χ1) is 3.88. The summed E-state index contributed by atoms with van der Waals surface area (Å²) >= 11 is 0.